The Morgan fingerprint density at radius 1 is 0.769 bits per heavy atom. The summed E-state index contributed by atoms with van der Waals surface area (Å²) in [6, 6.07) is 26.2. The van der Waals surface area contributed by atoms with E-state index in [-0.39, 0.29) is 0 Å². The summed E-state index contributed by atoms with van der Waals surface area (Å²) in [5.74, 6) is 2.24. The van der Waals surface area contributed by atoms with Crippen LogP contribution in [0.1, 0.15) is 11.4 Å². The molecule has 0 spiro atoms. The second-order valence-corrected chi connectivity index (χ2v) is 5.93. The summed E-state index contributed by atoms with van der Waals surface area (Å²) >= 11 is 0. The lowest BCUT2D eigenvalue weighted by Crippen LogP contribution is -2.12. The first-order valence-electron chi connectivity index (χ1n) is 8.61. The fraction of sp³-hybridized carbons (Fsp3) is 0.0952. The van der Waals surface area contributed by atoms with Gasteiger partial charge in [-0.2, -0.15) is 4.98 Å². The number of aromatic nitrogens is 4. The van der Waals surface area contributed by atoms with Crippen LogP contribution >= 0.6 is 0 Å². The zero-order chi connectivity index (χ0) is 17.6. The van der Waals surface area contributed by atoms with Crippen molar-refractivity contribution in [1.29, 1.82) is 0 Å². The Morgan fingerprint density at radius 3 is 2.23 bits per heavy atom. The number of H-pyrrole nitrogens is 1. The maximum absolute atomic E-state index is 4.70. The maximum atomic E-state index is 4.70. The molecule has 2 aromatic heterocycles. The number of anilines is 3. The van der Waals surface area contributed by atoms with Crippen LogP contribution in [0.15, 0.2) is 85.1 Å². The van der Waals surface area contributed by atoms with Gasteiger partial charge in [0.25, 0.3) is 5.95 Å². The quantitative estimate of drug-likeness (QED) is 0.563. The van der Waals surface area contributed by atoms with Crippen molar-refractivity contribution < 1.29 is 0 Å². The lowest BCUT2D eigenvalue weighted by Gasteiger charge is -2.19. The number of rotatable bonds is 6. The van der Waals surface area contributed by atoms with Gasteiger partial charge in [-0.15, -0.1) is 5.10 Å². The van der Waals surface area contributed by atoms with Gasteiger partial charge in [-0.05, 0) is 36.2 Å². The van der Waals surface area contributed by atoms with Gasteiger partial charge in [-0.25, -0.2) is 4.98 Å². The normalized spacial score (nSPS) is 10.6. The predicted octanol–water partition coefficient (Wildman–Crippen LogP) is 4.45. The highest BCUT2D eigenvalue weighted by Gasteiger charge is 2.17. The van der Waals surface area contributed by atoms with Crippen LogP contribution in [0, 0.1) is 0 Å². The van der Waals surface area contributed by atoms with Crippen LogP contribution in [0.4, 0.5) is 17.5 Å². The number of nitrogens with one attached hydrogen (secondary N) is 1. The van der Waals surface area contributed by atoms with Crippen LogP contribution in [0.3, 0.4) is 0 Å². The number of para-hydroxylation sites is 1. The molecule has 26 heavy (non-hydrogen) atoms. The minimum absolute atomic E-state index is 0.595. The molecule has 5 nitrogen and oxygen atoms in total. The van der Waals surface area contributed by atoms with Gasteiger partial charge >= 0.3 is 0 Å². The van der Waals surface area contributed by atoms with Gasteiger partial charge in [-0.3, -0.25) is 10.00 Å². The number of pyridine rings is 1. The molecule has 0 atom stereocenters. The van der Waals surface area contributed by atoms with Gasteiger partial charge in [0.15, 0.2) is 0 Å². The van der Waals surface area contributed by atoms with E-state index in [9.17, 15) is 0 Å². The number of aryl methyl sites for hydroxylation is 2. The Morgan fingerprint density at radius 2 is 1.50 bits per heavy atom. The van der Waals surface area contributed by atoms with Crippen LogP contribution in [-0.2, 0) is 12.8 Å². The van der Waals surface area contributed by atoms with Crippen LogP contribution in [0.5, 0.6) is 0 Å². The molecule has 5 heteroatoms. The highest BCUT2D eigenvalue weighted by atomic mass is 15.4. The van der Waals surface area contributed by atoms with Crippen molar-refractivity contribution in [3.63, 3.8) is 0 Å². The van der Waals surface area contributed by atoms with E-state index >= 15 is 0 Å². The molecule has 0 saturated heterocycles. The largest absolute Gasteiger partial charge is 0.262 e. The molecule has 0 aliphatic carbocycles. The molecule has 0 fully saturated rings. The van der Waals surface area contributed by atoms with Gasteiger partial charge in [0.05, 0.1) is 5.69 Å². The summed E-state index contributed by atoms with van der Waals surface area (Å²) in [5, 5.41) is 7.50. The smallest absolute Gasteiger partial charge is 0.255 e. The van der Waals surface area contributed by atoms with Crippen molar-refractivity contribution in [2.45, 2.75) is 12.8 Å². The summed E-state index contributed by atoms with van der Waals surface area (Å²) in [4.78, 5) is 11.1. The molecule has 0 aliphatic heterocycles. The predicted molar refractivity (Wildman–Crippen MR) is 103 cm³/mol. The highest BCUT2D eigenvalue weighted by Crippen LogP contribution is 2.29. The summed E-state index contributed by atoms with van der Waals surface area (Å²) in [6.45, 7) is 0. The number of hydrogen-bond acceptors (Lipinski definition) is 4. The average Bonchev–Trinajstić information content (AvgIpc) is 3.18. The zero-order valence-electron chi connectivity index (χ0n) is 14.3. The summed E-state index contributed by atoms with van der Waals surface area (Å²) in [6.07, 6.45) is 3.50. The topological polar surface area (TPSA) is 57.7 Å². The van der Waals surface area contributed by atoms with E-state index in [2.05, 4.69) is 39.4 Å². The molecular weight excluding hydrogens is 322 g/mol. The average molecular weight is 341 g/mol. The first-order chi connectivity index (χ1) is 12.9. The third kappa shape index (κ3) is 3.62. The Kier molecular flexibility index (Phi) is 4.69. The van der Waals surface area contributed by atoms with E-state index in [0.29, 0.717) is 5.95 Å². The van der Waals surface area contributed by atoms with E-state index < -0.39 is 0 Å². The molecule has 0 amide bonds. The van der Waals surface area contributed by atoms with Crippen molar-refractivity contribution in [3.8, 4) is 0 Å². The van der Waals surface area contributed by atoms with Crippen molar-refractivity contribution in [3.05, 3.63) is 96.4 Å². The van der Waals surface area contributed by atoms with E-state index in [1.54, 1.807) is 6.20 Å². The minimum atomic E-state index is 0.595. The van der Waals surface area contributed by atoms with Gasteiger partial charge in [0, 0.05) is 12.6 Å². The monoisotopic (exact) mass is 341 g/mol. The lowest BCUT2D eigenvalue weighted by atomic mass is 10.1. The second kappa shape index (κ2) is 7.61. The van der Waals surface area contributed by atoms with Crippen molar-refractivity contribution in [1.82, 2.24) is 20.2 Å². The van der Waals surface area contributed by atoms with Gasteiger partial charge in [0.1, 0.15) is 11.6 Å². The third-order valence-corrected chi connectivity index (χ3v) is 4.11. The Hall–Kier alpha value is -3.47. The molecule has 0 bridgehead atoms. The molecule has 128 valence electrons. The Balaban J connectivity index is 1.60. The van der Waals surface area contributed by atoms with Crippen LogP contribution < -0.4 is 4.90 Å². The number of hydrogen-bond donors (Lipinski definition) is 1. The summed E-state index contributed by atoms with van der Waals surface area (Å²) in [7, 11) is 0. The van der Waals surface area contributed by atoms with E-state index in [0.717, 1.165) is 30.2 Å². The van der Waals surface area contributed by atoms with E-state index in [4.69, 9.17) is 4.98 Å². The number of benzene rings is 2. The molecule has 0 radical (unpaired) electrons. The summed E-state index contributed by atoms with van der Waals surface area (Å²) in [5.41, 5.74) is 2.26. The highest BCUT2D eigenvalue weighted by molar-refractivity contribution is 5.69. The minimum Gasteiger partial charge on any atom is -0.262 e. The molecule has 0 aliphatic rings. The summed E-state index contributed by atoms with van der Waals surface area (Å²) < 4.78 is 0. The maximum Gasteiger partial charge on any atom is 0.255 e. The molecular formula is C21H19N5. The fourth-order valence-electron chi connectivity index (χ4n) is 2.82. The van der Waals surface area contributed by atoms with Crippen molar-refractivity contribution >= 4 is 17.5 Å². The molecule has 0 saturated carbocycles. The van der Waals surface area contributed by atoms with Crippen LogP contribution in [-0.4, -0.2) is 20.2 Å². The van der Waals surface area contributed by atoms with E-state index in [1.165, 1.54) is 5.56 Å². The number of nitrogens with zero attached hydrogens (tertiary/aromatic N) is 4. The second-order valence-electron chi connectivity index (χ2n) is 5.93. The Bertz CT molecular complexity index is 896. The van der Waals surface area contributed by atoms with Crippen molar-refractivity contribution in [2.24, 2.45) is 0 Å². The number of aromatic amines is 1. The van der Waals surface area contributed by atoms with Gasteiger partial charge in [-0.1, -0.05) is 54.6 Å². The zero-order valence-corrected chi connectivity index (χ0v) is 14.3. The first kappa shape index (κ1) is 16.0. The van der Waals surface area contributed by atoms with Gasteiger partial charge < -0.3 is 0 Å². The molecule has 2 aromatic carbocycles. The molecule has 0 unspecified atom stereocenters. The molecule has 2 heterocycles. The van der Waals surface area contributed by atoms with Gasteiger partial charge in [0.2, 0.25) is 0 Å². The molecule has 4 rings (SSSR count). The fourth-order valence-corrected chi connectivity index (χ4v) is 2.82. The van der Waals surface area contributed by atoms with Crippen molar-refractivity contribution in [2.75, 3.05) is 4.90 Å². The SMILES string of the molecule is c1ccc(CCc2nc(N(c3ccccc3)c3ccccn3)n[nH]2)cc1. The standard InChI is InChI=1S/C21H19N5/c1-3-9-17(10-4-1)14-15-19-23-21(25-24-19)26(18-11-5-2-6-12-18)20-13-7-8-16-22-20/h1-13,16H,14-15H2,(H,23,24,25). The third-order valence-electron chi connectivity index (χ3n) is 4.11. The van der Waals surface area contributed by atoms with Crippen LogP contribution in [0.25, 0.3) is 0 Å². The van der Waals surface area contributed by atoms with E-state index in [1.807, 2.05) is 59.5 Å². The molecule has 1 N–H and O–H groups in total. The Labute approximate surface area is 152 Å². The van der Waals surface area contributed by atoms with Crippen LogP contribution in [0.2, 0.25) is 0 Å². The molecule has 4 aromatic rings. The first-order valence-corrected chi connectivity index (χ1v) is 8.61. The lowest BCUT2D eigenvalue weighted by molar-refractivity contribution is 0.865.